The number of amides is 3. The second-order valence-corrected chi connectivity index (χ2v) is 9.94. The third kappa shape index (κ3) is 14.8. The van der Waals surface area contributed by atoms with Crippen molar-refractivity contribution < 1.29 is 14.4 Å². The van der Waals surface area contributed by atoms with Gasteiger partial charge in [0.05, 0.1) is 5.70 Å². The molecule has 204 valence electrons. The van der Waals surface area contributed by atoms with Gasteiger partial charge in [0.25, 0.3) is 0 Å². The van der Waals surface area contributed by atoms with Crippen molar-refractivity contribution in [2.24, 2.45) is 28.4 Å². The van der Waals surface area contributed by atoms with Crippen LogP contribution in [-0.2, 0) is 14.4 Å². The molecule has 0 aromatic heterocycles. The van der Waals surface area contributed by atoms with E-state index in [-0.39, 0.29) is 11.8 Å². The molecule has 0 bridgehead atoms. The van der Waals surface area contributed by atoms with Crippen molar-refractivity contribution in [3.05, 3.63) is 40.9 Å². The highest BCUT2D eigenvalue weighted by atomic mass is 32.2. The molecule has 1 aliphatic heterocycles. The van der Waals surface area contributed by atoms with Gasteiger partial charge in [0, 0.05) is 24.1 Å². The lowest BCUT2D eigenvalue weighted by Crippen LogP contribution is -2.24. The summed E-state index contributed by atoms with van der Waals surface area (Å²) in [5.41, 5.74) is 11.9. The quantitative estimate of drug-likeness (QED) is 0.310. The zero-order valence-corrected chi connectivity index (χ0v) is 23.3. The highest BCUT2D eigenvalue weighted by Crippen LogP contribution is 2.25. The first kappa shape index (κ1) is 33.5. The standard InChI is InChI=1S/C9H11N3OS.C8H16.C6H11NO.C4H9NO/c10-8(9(14-11)12-6-13)7-4-2-1-3-5-7;1-2-8-6-4-3-5-7-8;1-6-3-2-4-7(6)5-8;1-3(2)4(5)6/h1-6H,10-11H2,(H,12,13);8H,2-7H2,1H3;5-6H,2-4H2,1H3;3H,1-2H3,(H2,5,6)/b9-8-;;;. The molecule has 3 rings (SSSR count). The molecule has 7 N–H and O–H groups in total. The number of rotatable bonds is 7. The third-order valence-corrected chi connectivity index (χ3v) is 6.82. The second kappa shape index (κ2) is 20.7. The summed E-state index contributed by atoms with van der Waals surface area (Å²) in [5.74, 6) is 0.837. The van der Waals surface area contributed by atoms with Crippen LogP contribution in [0.25, 0.3) is 5.70 Å². The second-order valence-electron chi connectivity index (χ2n) is 9.29. The van der Waals surface area contributed by atoms with Gasteiger partial charge in [-0.1, -0.05) is 89.6 Å². The van der Waals surface area contributed by atoms with Gasteiger partial charge in [-0.05, 0) is 37.6 Å². The normalized spacial score (nSPS) is 17.7. The summed E-state index contributed by atoms with van der Waals surface area (Å²) in [5, 5.41) is 8.25. The number of nitrogens with zero attached hydrogens (tertiary/aromatic N) is 1. The van der Waals surface area contributed by atoms with Crippen LogP contribution in [0, 0.1) is 11.8 Å². The molecule has 1 saturated carbocycles. The first-order valence-electron chi connectivity index (χ1n) is 12.8. The van der Waals surface area contributed by atoms with Crippen LogP contribution in [0.2, 0.25) is 0 Å². The largest absolute Gasteiger partial charge is 0.396 e. The molecule has 36 heavy (non-hydrogen) atoms. The summed E-state index contributed by atoms with van der Waals surface area (Å²) in [4.78, 5) is 32.2. The van der Waals surface area contributed by atoms with E-state index >= 15 is 0 Å². The first-order valence-corrected chi connectivity index (χ1v) is 13.7. The molecule has 1 unspecified atom stereocenters. The van der Waals surface area contributed by atoms with Gasteiger partial charge in [0.1, 0.15) is 5.03 Å². The molecule has 1 heterocycles. The highest BCUT2D eigenvalue weighted by Gasteiger charge is 2.17. The van der Waals surface area contributed by atoms with E-state index < -0.39 is 0 Å². The first-order chi connectivity index (χ1) is 17.2. The van der Waals surface area contributed by atoms with Crippen molar-refractivity contribution in [2.45, 2.75) is 85.1 Å². The van der Waals surface area contributed by atoms with Gasteiger partial charge in [-0.2, -0.15) is 0 Å². The lowest BCUT2D eigenvalue weighted by molar-refractivity contribution is -0.121. The van der Waals surface area contributed by atoms with E-state index in [2.05, 4.69) is 19.2 Å². The maximum Gasteiger partial charge on any atom is 0.219 e. The van der Waals surface area contributed by atoms with Crippen LogP contribution in [0.5, 0.6) is 0 Å². The van der Waals surface area contributed by atoms with Crippen molar-refractivity contribution in [2.75, 3.05) is 6.54 Å². The summed E-state index contributed by atoms with van der Waals surface area (Å²) in [6.07, 6.45) is 12.8. The van der Waals surface area contributed by atoms with E-state index in [9.17, 15) is 14.4 Å². The lowest BCUT2D eigenvalue weighted by atomic mass is 9.88. The monoisotopic (exact) mass is 521 g/mol. The van der Waals surface area contributed by atoms with Crippen LogP contribution in [0.15, 0.2) is 35.4 Å². The number of primary amides is 1. The molecular formula is C27H47N5O3S. The third-order valence-electron chi connectivity index (χ3n) is 6.25. The number of hydrogen-bond donors (Lipinski definition) is 4. The van der Waals surface area contributed by atoms with Crippen LogP contribution in [0.4, 0.5) is 0 Å². The van der Waals surface area contributed by atoms with E-state index in [0.29, 0.717) is 23.2 Å². The number of carbonyl (C=O) groups is 3. The smallest absolute Gasteiger partial charge is 0.219 e. The van der Waals surface area contributed by atoms with Crippen LogP contribution in [0.3, 0.4) is 0 Å². The Labute approximate surface area is 221 Å². The van der Waals surface area contributed by atoms with Gasteiger partial charge in [-0.15, -0.1) is 0 Å². The molecule has 1 atom stereocenters. The fourth-order valence-electron chi connectivity index (χ4n) is 3.69. The van der Waals surface area contributed by atoms with Gasteiger partial charge in [-0.25, -0.2) is 0 Å². The number of nitrogens with two attached hydrogens (primary N) is 3. The SMILES string of the molecule is CC(C)C(N)=O.CC1CCCN1C=O.CCC1CCCCC1.NS/C(NC=O)=C(\N)c1ccccc1. The fourth-order valence-corrected chi connectivity index (χ4v) is 4.05. The predicted molar refractivity (Wildman–Crippen MR) is 151 cm³/mol. The molecule has 1 aromatic rings. The molecule has 1 aromatic carbocycles. The molecule has 2 aliphatic rings. The summed E-state index contributed by atoms with van der Waals surface area (Å²) in [6.45, 7) is 8.90. The van der Waals surface area contributed by atoms with Crippen molar-refractivity contribution in [1.82, 2.24) is 10.2 Å². The Morgan fingerprint density at radius 2 is 1.67 bits per heavy atom. The molecule has 3 amide bonds. The molecule has 0 spiro atoms. The molecule has 2 fully saturated rings. The fraction of sp³-hybridized carbons (Fsp3) is 0.593. The maximum absolute atomic E-state index is 10.2. The van der Waals surface area contributed by atoms with E-state index in [4.69, 9.17) is 16.6 Å². The minimum Gasteiger partial charge on any atom is -0.396 e. The number of hydrogen-bond acceptors (Lipinski definition) is 6. The van der Waals surface area contributed by atoms with Gasteiger partial charge in [0.15, 0.2) is 0 Å². The summed E-state index contributed by atoms with van der Waals surface area (Å²) in [6, 6.07) is 9.80. The Morgan fingerprint density at radius 3 is 2.00 bits per heavy atom. The van der Waals surface area contributed by atoms with Gasteiger partial charge in [-0.3, -0.25) is 19.5 Å². The van der Waals surface area contributed by atoms with E-state index in [1.54, 1.807) is 13.8 Å². The van der Waals surface area contributed by atoms with Gasteiger partial charge < -0.3 is 21.7 Å². The zero-order valence-electron chi connectivity index (χ0n) is 22.4. The average molecular weight is 522 g/mol. The summed E-state index contributed by atoms with van der Waals surface area (Å²) >= 11 is 0.910. The van der Waals surface area contributed by atoms with Crippen molar-refractivity contribution in [1.29, 1.82) is 0 Å². The Kier molecular flexibility index (Phi) is 19.2. The van der Waals surface area contributed by atoms with Crippen molar-refractivity contribution in [3.8, 4) is 0 Å². The minimum atomic E-state index is -0.241. The van der Waals surface area contributed by atoms with Crippen LogP contribution < -0.4 is 21.9 Å². The van der Waals surface area contributed by atoms with Crippen LogP contribution in [-0.4, -0.2) is 36.2 Å². The predicted octanol–water partition coefficient (Wildman–Crippen LogP) is 4.36. The molecular weight excluding hydrogens is 474 g/mol. The van der Waals surface area contributed by atoms with Crippen LogP contribution >= 0.6 is 11.9 Å². The summed E-state index contributed by atoms with van der Waals surface area (Å²) in [7, 11) is 0. The van der Waals surface area contributed by atoms with Gasteiger partial charge in [0.2, 0.25) is 18.7 Å². The Balaban J connectivity index is 0.000000481. The number of carbonyl (C=O) groups excluding carboxylic acids is 3. The molecule has 8 nitrogen and oxygen atoms in total. The van der Waals surface area contributed by atoms with Crippen molar-refractivity contribution in [3.63, 3.8) is 0 Å². The Hall–Kier alpha value is -2.52. The Morgan fingerprint density at radius 1 is 1.08 bits per heavy atom. The van der Waals surface area contributed by atoms with Gasteiger partial charge >= 0.3 is 0 Å². The lowest BCUT2D eigenvalue weighted by Gasteiger charge is -2.18. The Bertz CT molecular complexity index is 768. The minimum absolute atomic E-state index is 0.00926. The molecule has 1 aliphatic carbocycles. The highest BCUT2D eigenvalue weighted by molar-refractivity contribution is 8.01. The number of benzene rings is 1. The van der Waals surface area contributed by atoms with Crippen molar-refractivity contribution >= 4 is 36.4 Å². The number of nitrogens with one attached hydrogen (secondary N) is 1. The maximum atomic E-state index is 10.2. The summed E-state index contributed by atoms with van der Waals surface area (Å²) < 4.78 is 0. The zero-order chi connectivity index (χ0) is 27.3. The topological polar surface area (TPSA) is 145 Å². The molecule has 0 radical (unpaired) electrons. The molecule has 9 heteroatoms. The van der Waals surface area contributed by atoms with E-state index in [0.717, 1.165) is 36.4 Å². The van der Waals surface area contributed by atoms with E-state index in [1.807, 2.05) is 35.2 Å². The molecule has 1 saturated heterocycles. The average Bonchev–Trinajstić information content (AvgIpc) is 3.33. The number of likely N-dealkylation sites (tertiary alicyclic amines) is 1. The van der Waals surface area contributed by atoms with Crippen LogP contribution in [0.1, 0.15) is 84.6 Å². The van der Waals surface area contributed by atoms with E-state index in [1.165, 1.54) is 51.4 Å².